The third kappa shape index (κ3) is 15.7. The molecule has 0 radical (unpaired) electrons. The molecule has 0 amide bonds. The van der Waals surface area contributed by atoms with Gasteiger partial charge in [-0.05, 0) is 51.4 Å². The first-order valence-electron chi connectivity index (χ1n) is 9.82. The van der Waals surface area contributed by atoms with E-state index in [9.17, 15) is 0 Å². The Morgan fingerprint density at radius 3 is 1.48 bits per heavy atom. The SMILES string of the molecule is C=CC=CC=CCCCC(CC)OC(CC)CCCC=CC=CC=C. The molecule has 0 heterocycles. The minimum absolute atomic E-state index is 0.396. The highest BCUT2D eigenvalue weighted by Gasteiger charge is 2.13. The van der Waals surface area contributed by atoms with Gasteiger partial charge in [0.2, 0.25) is 0 Å². The van der Waals surface area contributed by atoms with E-state index in [1.807, 2.05) is 24.3 Å². The minimum Gasteiger partial charge on any atom is -0.375 e. The summed E-state index contributed by atoms with van der Waals surface area (Å²) >= 11 is 0. The maximum Gasteiger partial charge on any atom is 0.0576 e. The molecule has 0 saturated carbocycles. The van der Waals surface area contributed by atoms with Crippen molar-refractivity contribution in [3.05, 3.63) is 73.9 Å². The molecule has 1 heteroatoms. The number of unbranched alkanes of at least 4 members (excludes halogenated alkanes) is 2. The van der Waals surface area contributed by atoms with Gasteiger partial charge >= 0.3 is 0 Å². The van der Waals surface area contributed by atoms with E-state index in [0.717, 1.165) is 38.5 Å². The van der Waals surface area contributed by atoms with Crippen LogP contribution >= 0.6 is 0 Å². The largest absolute Gasteiger partial charge is 0.375 e. The number of ether oxygens (including phenoxy) is 1. The third-order valence-corrected chi connectivity index (χ3v) is 4.08. The molecule has 0 aromatic rings. The van der Waals surface area contributed by atoms with Crippen LogP contribution in [0, 0.1) is 0 Å². The maximum absolute atomic E-state index is 6.34. The molecule has 0 aliphatic heterocycles. The Labute approximate surface area is 156 Å². The minimum atomic E-state index is 0.396. The lowest BCUT2D eigenvalue weighted by Gasteiger charge is -2.23. The van der Waals surface area contributed by atoms with Crippen molar-refractivity contribution in [2.45, 2.75) is 77.4 Å². The fourth-order valence-electron chi connectivity index (χ4n) is 2.57. The van der Waals surface area contributed by atoms with Crippen molar-refractivity contribution in [1.29, 1.82) is 0 Å². The van der Waals surface area contributed by atoms with Gasteiger partial charge in [-0.2, -0.15) is 0 Å². The van der Waals surface area contributed by atoms with Crippen LogP contribution in [0.1, 0.15) is 65.2 Å². The van der Waals surface area contributed by atoms with E-state index in [0.29, 0.717) is 12.2 Å². The van der Waals surface area contributed by atoms with Crippen molar-refractivity contribution in [1.82, 2.24) is 0 Å². The van der Waals surface area contributed by atoms with Crippen molar-refractivity contribution >= 4 is 0 Å². The van der Waals surface area contributed by atoms with Crippen LogP contribution in [0.4, 0.5) is 0 Å². The number of hydrogen-bond acceptors (Lipinski definition) is 1. The van der Waals surface area contributed by atoms with Crippen LogP contribution in [0.5, 0.6) is 0 Å². The van der Waals surface area contributed by atoms with Crippen molar-refractivity contribution in [2.75, 3.05) is 0 Å². The molecule has 0 aromatic heterocycles. The Kier molecular flexibility index (Phi) is 17.5. The fourth-order valence-corrected chi connectivity index (χ4v) is 2.57. The molecule has 0 aliphatic carbocycles. The summed E-state index contributed by atoms with van der Waals surface area (Å²) in [5, 5.41) is 0. The molecule has 0 fully saturated rings. The van der Waals surface area contributed by atoms with Crippen molar-refractivity contribution in [2.24, 2.45) is 0 Å². The summed E-state index contributed by atoms with van der Waals surface area (Å²) in [7, 11) is 0. The zero-order chi connectivity index (χ0) is 18.6. The van der Waals surface area contributed by atoms with Crippen molar-refractivity contribution in [3.63, 3.8) is 0 Å². The average molecular weight is 343 g/mol. The highest BCUT2D eigenvalue weighted by Crippen LogP contribution is 2.17. The van der Waals surface area contributed by atoms with Gasteiger partial charge in [-0.25, -0.2) is 0 Å². The first kappa shape index (κ1) is 23.4. The topological polar surface area (TPSA) is 9.23 Å². The van der Waals surface area contributed by atoms with Gasteiger partial charge in [0.1, 0.15) is 0 Å². The van der Waals surface area contributed by atoms with Crippen LogP contribution in [0.15, 0.2) is 73.9 Å². The number of rotatable bonds is 16. The van der Waals surface area contributed by atoms with Crippen LogP contribution in [-0.2, 0) is 4.74 Å². The fraction of sp³-hybridized carbons (Fsp3) is 0.500. The van der Waals surface area contributed by atoms with Gasteiger partial charge in [0.05, 0.1) is 12.2 Å². The summed E-state index contributed by atoms with van der Waals surface area (Å²) in [5.74, 6) is 0. The normalized spacial score (nSPS) is 14.8. The van der Waals surface area contributed by atoms with E-state index in [1.165, 1.54) is 12.8 Å². The van der Waals surface area contributed by atoms with Crippen molar-refractivity contribution < 1.29 is 4.74 Å². The van der Waals surface area contributed by atoms with Gasteiger partial charge < -0.3 is 4.74 Å². The van der Waals surface area contributed by atoms with Gasteiger partial charge in [0, 0.05) is 0 Å². The Morgan fingerprint density at radius 1 is 0.680 bits per heavy atom. The molecule has 0 rings (SSSR count). The van der Waals surface area contributed by atoms with Crippen LogP contribution in [0.2, 0.25) is 0 Å². The molecule has 0 N–H and O–H groups in total. The van der Waals surface area contributed by atoms with Crippen LogP contribution in [0.3, 0.4) is 0 Å². The molecule has 25 heavy (non-hydrogen) atoms. The second-order valence-electron chi connectivity index (χ2n) is 6.16. The molecule has 0 aliphatic rings. The Bertz CT molecular complexity index is 385. The zero-order valence-corrected chi connectivity index (χ0v) is 16.4. The predicted octanol–water partition coefficient (Wildman–Crippen LogP) is 7.50. The lowest BCUT2D eigenvalue weighted by Crippen LogP contribution is -2.21. The maximum atomic E-state index is 6.34. The van der Waals surface area contributed by atoms with Gasteiger partial charge in [-0.15, -0.1) is 0 Å². The average Bonchev–Trinajstić information content (AvgIpc) is 2.64. The molecule has 2 unspecified atom stereocenters. The number of allylic oxidation sites excluding steroid dienone is 10. The summed E-state index contributed by atoms with van der Waals surface area (Å²) in [6, 6.07) is 0. The molecule has 0 aromatic carbocycles. The summed E-state index contributed by atoms with van der Waals surface area (Å²) in [5.41, 5.74) is 0. The Hall–Kier alpha value is -1.60. The number of hydrogen-bond donors (Lipinski definition) is 0. The molecular formula is C24H38O. The van der Waals surface area contributed by atoms with Gasteiger partial charge in [-0.3, -0.25) is 0 Å². The van der Waals surface area contributed by atoms with E-state index < -0.39 is 0 Å². The molecule has 0 bridgehead atoms. The highest BCUT2D eigenvalue weighted by molar-refractivity contribution is 5.09. The zero-order valence-electron chi connectivity index (χ0n) is 16.4. The van der Waals surface area contributed by atoms with Crippen LogP contribution < -0.4 is 0 Å². The van der Waals surface area contributed by atoms with E-state index in [2.05, 4.69) is 51.3 Å². The lowest BCUT2D eigenvalue weighted by atomic mass is 10.1. The first-order valence-corrected chi connectivity index (χ1v) is 9.82. The first-order chi connectivity index (χ1) is 12.3. The summed E-state index contributed by atoms with van der Waals surface area (Å²) in [6.07, 6.45) is 30.0. The third-order valence-electron chi connectivity index (χ3n) is 4.08. The summed E-state index contributed by atoms with van der Waals surface area (Å²) < 4.78 is 6.34. The van der Waals surface area contributed by atoms with Crippen LogP contribution in [0.25, 0.3) is 0 Å². The molecule has 2 atom stereocenters. The summed E-state index contributed by atoms with van der Waals surface area (Å²) in [4.78, 5) is 0. The standard InChI is InChI=1S/C24H38O/c1-5-9-11-13-15-17-19-21-23(7-3)25-24(8-4)22-20-18-16-14-12-10-6-2/h5-6,9-16,23-24H,1-2,7-8,17-22H2,3-4H3. The summed E-state index contributed by atoms with van der Waals surface area (Å²) in [6.45, 7) is 11.8. The van der Waals surface area contributed by atoms with Crippen molar-refractivity contribution in [3.8, 4) is 0 Å². The molecule has 0 spiro atoms. The van der Waals surface area contributed by atoms with E-state index in [-0.39, 0.29) is 0 Å². The van der Waals surface area contributed by atoms with E-state index in [1.54, 1.807) is 12.2 Å². The smallest absolute Gasteiger partial charge is 0.0576 e. The van der Waals surface area contributed by atoms with Gasteiger partial charge in [-0.1, -0.05) is 87.8 Å². The Morgan fingerprint density at radius 2 is 1.12 bits per heavy atom. The second-order valence-corrected chi connectivity index (χ2v) is 6.16. The molecule has 1 nitrogen and oxygen atoms in total. The van der Waals surface area contributed by atoms with E-state index in [4.69, 9.17) is 4.74 Å². The second kappa shape index (κ2) is 18.7. The lowest BCUT2D eigenvalue weighted by molar-refractivity contribution is -0.0250. The van der Waals surface area contributed by atoms with Gasteiger partial charge in [0.25, 0.3) is 0 Å². The quantitative estimate of drug-likeness (QED) is 0.208. The molecule has 140 valence electrons. The predicted molar refractivity (Wildman–Crippen MR) is 114 cm³/mol. The molecule has 0 saturated heterocycles. The molecular weight excluding hydrogens is 304 g/mol. The highest BCUT2D eigenvalue weighted by atomic mass is 16.5. The monoisotopic (exact) mass is 342 g/mol. The van der Waals surface area contributed by atoms with Gasteiger partial charge in [0.15, 0.2) is 0 Å². The van der Waals surface area contributed by atoms with Crippen LogP contribution in [-0.4, -0.2) is 12.2 Å². The Balaban J connectivity index is 3.98. The van der Waals surface area contributed by atoms with E-state index >= 15 is 0 Å².